The van der Waals surface area contributed by atoms with Gasteiger partial charge in [0.05, 0.1) is 0 Å². The van der Waals surface area contributed by atoms with Crippen LogP contribution in [0.2, 0.25) is 0 Å². The molecule has 0 aliphatic heterocycles. The second-order valence-electron chi connectivity index (χ2n) is 5.26. The van der Waals surface area contributed by atoms with Gasteiger partial charge >= 0.3 is 0 Å². The van der Waals surface area contributed by atoms with Crippen molar-refractivity contribution in [1.82, 2.24) is 9.88 Å². The number of carbonyl (C=O) groups is 1. The molecular formula is C15H23BrN2O2. The first-order valence-corrected chi connectivity index (χ1v) is 8.25. The fourth-order valence-electron chi connectivity index (χ4n) is 2.10. The fourth-order valence-corrected chi connectivity index (χ4v) is 2.54. The first-order valence-electron chi connectivity index (χ1n) is 7.45. The van der Waals surface area contributed by atoms with E-state index in [2.05, 4.69) is 32.7 Å². The first-order chi connectivity index (χ1) is 9.72. The highest BCUT2D eigenvalue weighted by Gasteiger charge is 2.27. The van der Waals surface area contributed by atoms with Crippen molar-refractivity contribution in [2.45, 2.75) is 45.1 Å². The third-order valence-corrected chi connectivity index (χ3v) is 3.82. The Labute approximate surface area is 129 Å². The van der Waals surface area contributed by atoms with Gasteiger partial charge in [0.1, 0.15) is 5.69 Å². The van der Waals surface area contributed by atoms with E-state index in [-0.39, 0.29) is 5.91 Å². The molecule has 0 saturated heterocycles. The standard InChI is InChI=1S/C15H23BrN2O2/c1-2-3-8-20-9-4-7-17-15(19)14-10-12(16)11-18(14)13-5-6-13/h10-11,13H,2-9H2,1H3,(H,17,19). The van der Waals surface area contributed by atoms with Crippen LogP contribution in [0.5, 0.6) is 0 Å². The van der Waals surface area contributed by atoms with Crippen LogP contribution in [0.25, 0.3) is 0 Å². The highest BCUT2D eigenvalue weighted by Crippen LogP contribution is 2.37. The van der Waals surface area contributed by atoms with Crippen molar-refractivity contribution in [1.29, 1.82) is 0 Å². The molecule has 1 aromatic heterocycles. The average molecular weight is 343 g/mol. The maximum absolute atomic E-state index is 12.2. The summed E-state index contributed by atoms with van der Waals surface area (Å²) in [5, 5.41) is 2.97. The van der Waals surface area contributed by atoms with Crippen LogP contribution in [0.3, 0.4) is 0 Å². The van der Waals surface area contributed by atoms with Crippen molar-refractivity contribution in [2.24, 2.45) is 0 Å². The van der Waals surface area contributed by atoms with Gasteiger partial charge in [-0.3, -0.25) is 4.79 Å². The van der Waals surface area contributed by atoms with Crippen molar-refractivity contribution in [3.8, 4) is 0 Å². The van der Waals surface area contributed by atoms with E-state index in [0.29, 0.717) is 19.2 Å². The number of halogens is 1. The lowest BCUT2D eigenvalue weighted by molar-refractivity contribution is 0.0931. The Morgan fingerprint density at radius 3 is 2.90 bits per heavy atom. The van der Waals surface area contributed by atoms with E-state index in [1.54, 1.807) is 0 Å². The van der Waals surface area contributed by atoms with E-state index in [1.807, 2.05) is 12.3 Å². The number of nitrogens with zero attached hydrogens (tertiary/aromatic N) is 1. The average Bonchev–Trinajstić information content (AvgIpc) is 3.20. The van der Waals surface area contributed by atoms with Gasteiger partial charge in [-0.2, -0.15) is 0 Å². The summed E-state index contributed by atoms with van der Waals surface area (Å²) in [6.07, 6.45) is 7.47. The Morgan fingerprint density at radius 1 is 1.45 bits per heavy atom. The normalized spacial score (nSPS) is 14.5. The van der Waals surface area contributed by atoms with E-state index in [4.69, 9.17) is 4.74 Å². The number of rotatable bonds is 9. The number of hydrogen-bond donors (Lipinski definition) is 1. The monoisotopic (exact) mass is 342 g/mol. The summed E-state index contributed by atoms with van der Waals surface area (Å²) in [6.45, 7) is 4.35. The minimum atomic E-state index is 0.0103. The zero-order valence-corrected chi connectivity index (χ0v) is 13.6. The zero-order valence-electron chi connectivity index (χ0n) is 12.0. The highest BCUT2D eigenvalue weighted by molar-refractivity contribution is 9.10. The maximum atomic E-state index is 12.2. The Bertz CT molecular complexity index is 441. The number of unbranched alkanes of at least 4 members (excludes halogenated alkanes) is 1. The molecule has 1 aliphatic rings. The van der Waals surface area contributed by atoms with E-state index in [1.165, 1.54) is 12.8 Å². The van der Waals surface area contributed by atoms with Crippen molar-refractivity contribution in [2.75, 3.05) is 19.8 Å². The Hall–Kier alpha value is -0.810. The zero-order chi connectivity index (χ0) is 14.4. The van der Waals surface area contributed by atoms with Gasteiger partial charge in [0.2, 0.25) is 0 Å². The highest BCUT2D eigenvalue weighted by atomic mass is 79.9. The van der Waals surface area contributed by atoms with Crippen molar-refractivity contribution in [3.63, 3.8) is 0 Å². The summed E-state index contributed by atoms with van der Waals surface area (Å²) in [5.74, 6) is 0.0103. The van der Waals surface area contributed by atoms with Crippen LogP contribution in [0.15, 0.2) is 16.7 Å². The lowest BCUT2D eigenvalue weighted by Gasteiger charge is -2.08. The van der Waals surface area contributed by atoms with Crippen LogP contribution in [0.4, 0.5) is 0 Å². The van der Waals surface area contributed by atoms with Gasteiger partial charge in [0, 0.05) is 36.5 Å². The van der Waals surface area contributed by atoms with Gasteiger partial charge in [0.15, 0.2) is 0 Å². The summed E-state index contributed by atoms with van der Waals surface area (Å²) >= 11 is 3.44. The summed E-state index contributed by atoms with van der Waals surface area (Å²) in [5.41, 5.74) is 0.756. The molecule has 1 N–H and O–H groups in total. The summed E-state index contributed by atoms with van der Waals surface area (Å²) in [7, 11) is 0. The van der Waals surface area contributed by atoms with Crippen LogP contribution < -0.4 is 5.32 Å². The number of ether oxygens (including phenoxy) is 1. The van der Waals surface area contributed by atoms with Crippen LogP contribution in [0, 0.1) is 0 Å². The van der Waals surface area contributed by atoms with Crippen LogP contribution in [-0.2, 0) is 4.74 Å². The maximum Gasteiger partial charge on any atom is 0.267 e. The van der Waals surface area contributed by atoms with Gasteiger partial charge in [-0.05, 0) is 47.7 Å². The molecule has 0 aromatic carbocycles. The van der Waals surface area contributed by atoms with Crippen LogP contribution >= 0.6 is 15.9 Å². The van der Waals surface area contributed by atoms with Gasteiger partial charge in [-0.25, -0.2) is 0 Å². The van der Waals surface area contributed by atoms with Crippen molar-refractivity contribution in [3.05, 3.63) is 22.4 Å². The molecule has 112 valence electrons. The first kappa shape index (κ1) is 15.6. The minimum absolute atomic E-state index is 0.0103. The number of nitrogens with one attached hydrogen (secondary N) is 1. The summed E-state index contributed by atoms with van der Waals surface area (Å²) in [6, 6.07) is 2.41. The molecule has 0 spiro atoms. The molecule has 2 rings (SSSR count). The quantitative estimate of drug-likeness (QED) is 0.697. The van der Waals surface area contributed by atoms with Crippen molar-refractivity contribution < 1.29 is 9.53 Å². The van der Waals surface area contributed by atoms with Crippen LogP contribution in [0.1, 0.15) is 55.6 Å². The summed E-state index contributed by atoms with van der Waals surface area (Å²) in [4.78, 5) is 12.2. The largest absolute Gasteiger partial charge is 0.381 e. The second kappa shape index (κ2) is 7.84. The number of carbonyl (C=O) groups excluding carboxylic acids is 1. The van der Waals surface area contributed by atoms with Gasteiger partial charge < -0.3 is 14.6 Å². The predicted octanol–water partition coefficient (Wildman–Crippen LogP) is 3.52. The predicted molar refractivity (Wildman–Crippen MR) is 83.1 cm³/mol. The summed E-state index contributed by atoms with van der Waals surface area (Å²) < 4.78 is 8.52. The topological polar surface area (TPSA) is 43.3 Å². The van der Waals surface area contributed by atoms with Gasteiger partial charge in [-0.1, -0.05) is 13.3 Å². The lowest BCUT2D eigenvalue weighted by atomic mass is 10.3. The van der Waals surface area contributed by atoms with E-state index < -0.39 is 0 Å². The third-order valence-electron chi connectivity index (χ3n) is 3.38. The Balaban J connectivity index is 1.69. The molecule has 0 radical (unpaired) electrons. The molecule has 5 heteroatoms. The Morgan fingerprint density at radius 2 is 2.20 bits per heavy atom. The number of hydrogen-bond acceptors (Lipinski definition) is 2. The van der Waals surface area contributed by atoms with E-state index in [9.17, 15) is 4.79 Å². The molecule has 1 heterocycles. The molecular weight excluding hydrogens is 320 g/mol. The molecule has 1 aromatic rings. The third kappa shape index (κ3) is 4.63. The molecule has 1 fully saturated rings. The smallest absolute Gasteiger partial charge is 0.267 e. The number of aromatic nitrogens is 1. The SMILES string of the molecule is CCCCOCCCNC(=O)c1cc(Br)cn1C1CC1. The molecule has 0 bridgehead atoms. The molecule has 1 amide bonds. The molecule has 20 heavy (non-hydrogen) atoms. The molecule has 0 atom stereocenters. The lowest BCUT2D eigenvalue weighted by Crippen LogP contribution is -2.27. The molecule has 0 unspecified atom stereocenters. The second-order valence-corrected chi connectivity index (χ2v) is 6.17. The fraction of sp³-hybridized carbons (Fsp3) is 0.667. The Kier molecular flexibility index (Phi) is 6.10. The molecule has 4 nitrogen and oxygen atoms in total. The van der Waals surface area contributed by atoms with E-state index in [0.717, 1.165) is 36.0 Å². The molecule has 1 aliphatic carbocycles. The van der Waals surface area contributed by atoms with Crippen LogP contribution in [-0.4, -0.2) is 30.2 Å². The number of amides is 1. The molecule has 1 saturated carbocycles. The van der Waals surface area contributed by atoms with Crippen molar-refractivity contribution >= 4 is 21.8 Å². The van der Waals surface area contributed by atoms with E-state index >= 15 is 0 Å². The van der Waals surface area contributed by atoms with Gasteiger partial charge in [0.25, 0.3) is 5.91 Å². The minimum Gasteiger partial charge on any atom is -0.381 e. The van der Waals surface area contributed by atoms with Gasteiger partial charge in [-0.15, -0.1) is 0 Å².